The van der Waals surface area contributed by atoms with Crippen LogP contribution in [0.3, 0.4) is 0 Å². The fraction of sp³-hybridized carbons (Fsp3) is 0.571. The molecule has 0 N–H and O–H groups in total. The summed E-state index contributed by atoms with van der Waals surface area (Å²) in [5.41, 5.74) is 2.52. The minimum absolute atomic E-state index is 0.126. The van der Waals surface area contributed by atoms with Crippen molar-refractivity contribution in [3.05, 3.63) is 35.4 Å². The Balaban J connectivity index is 2.63. The number of ether oxygens (including phenoxy) is 1. The molecule has 1 aromatic carbocycles. The van der Waals surface area contributed by atoms with E-state index in [0.717, 1.165) is 19.4 Å². The molecule has 2 heteroatoms. The first-order valence-corrected chi connectivity index (χ1v) is 6.34. The highest BCUT2D eigenvalue weighted by atomic mass is 35.5. The number of rotatable bonds is 6. The topological polar surface area (TPSA) is 9.23 Å². The van der Waals surface area contributed by atoms with Crippen molar-refractivity contribution in [3.8, 4) is 0 Å². The fourth-order valence-corrected chi connectivity index (χ4v) is 1.95. The number of alkyl halides is 1. The van der Waals surface area contributed by atoms with Crippen LogP contribution in [0.1, 0.15) is 36.8 Å². The summed E-state index contributed by atoms with van der Waals surface area (Å²) in [4.78, 5) is 0. The number of halogens is 1. The Morgan fingerprint density at radius 2 is 1.88 bits per heavy atom. The van der Waals surface area contributed by atoms with Gasteiger partial charge in [-0.2, -0.15) is 0 Å². The minimum Gasteiger partial charge on any atom is -0.384 e. The van der Waals surface area contributed by atoms with Crippen LogP contribution in [0.25, 0.3) is 0 Å². The maximum atomic E-state index is 6.39. The van der Waals surface area contributed by atoms with Gasteiger partial charge in [0.2, 0.25) is 0 Å². The zero-order valence-corrected chi connectivity index (χ0v) is 11.1. The molecular weight excluding hydrogens is 220 g/mol. The number of hydrogen-bond acceptors (Lipinski definition) is 1. The summed E-state index contributed by atoms with van der Waals surface area (Å²) in [5, 5.41) is 0.126. The van der Waals surface area contributed by atoms with Crippen molar-refractivity contribution in [2.24, 2.45) is 5.92 Å². The molecule has 2 unspecified atom stereocenters. The standard InChI is InChI=1S/C14H21ClO/c1-4-11(2)14(15)13-7-5-12(6-8-13)9-10-16-3/h5-8,11,14H,4,9-10H2,1-3H3. The van der Waals surface area contributed by atoms with E-state index in [0.29, 0.717) is 5.92 Å². The molecule has 16 heavy (non-hydrogen) atoms. The predicted molar refractivity (Wildman–Crippen MR) is 70.1 cm³/mol. The molecule has 90 valence electrons. The molecule has 0 heterocycles. The summed E-state index contributed by atoms with van der Waals surface area (Å²) in [6, 6.07) is 8.56. The molecule has 2 atom stereocenters. The summed E-state index contributed by atoms with van der Waals surface area (Å²) in [5.74, 6) is 0.520. The van der Waals surface area contributed by atoms with Crippen LogP contribution in [0.15, 0.2) is 24.3 Å². The van der Waals surface area contributed by atoms with E-state index in [1.165, 1.54) is 11.1 Å². The van der Waals surface area contributed by atoms with Crippen molar-refractivity contribution in [2.45, 2.75) is 32.1 Å². The monoisotopic (exact) mass is 240 g/mol. The van der Waals surface area contributed by atoms with E-state index in [2.05, 4.69) is 38.1 Å². The lowest BCUT2D eigenvalue weighted by atomic mass is 9.97. The van der Waals surface area contributed by atoms with Gasteiger partial charge in [0.05, 0.1) is 12.0 Å². The van der Waals surface area contributed by atoms with Gasteiger partial charge in [-0.1, -0.05) is 44.5 Å². The molecule has 0 aliphatic carbocycles. The van der Waals surface area contributed by atoms with Gasteiger partial charge in [0.25, 0.3) is 0 Å². The highest BCUT2D eigenvalue weighted by Crippen LogP contribution is 2.30. The molecule has 1 aromatic rings. The second kappa shape index (κ2) is 6.93. The summed E-state index contributed by atoms with van der Waals surface area (Å²) >= 11 is 6.39. The van der Waals surface area contributed by atoms with Crippen molar-refractivity contribution in [2.75, 3.05) is 13.7 Å². The molecule has 1 rings (SSSR count). The van der Waals surface area contributed by atoms with Gasteiger partial charge in [-0.15, -0.1) is 11.6 Å². The highest BCUT2D eigenvalue weighted by molar-refractivity contribution is 6.20. The SMILES string of the molecule is CCC(C)C(Cl)c1ccc(CCOC)cc1. The van der Waals surface area contributed by atoms with Crippen LogP contribution in [0.4, 0.5) is 0 Å². The van der Waals surface area contributed by atoms with Gasteiger partial charge in [-0.3, -0.25) is 0 Å². The normalized spacial score (nSPS) is 14.8. The molecule has 0 aliphatic rings. The molecule has 0 aromatic heterocycles. The van der Waals surface area contributed by atoms with Crippen LogP contribution in [-0.2, 0) is 11.2 Å². The first-order chi connectivity index (χ1) is 7.69. The second-order valence-corrected chi connectivity index (χ2v) is 4.74. The lowest BCUT2D eigenvalue weighted by Gasteiger charge is -2.16. The van der Waals surface area contributed by atoms with E-state index >= 15 is 0 Å². The molecule has 1 nitrogen and oxygen atoms in total. The van der Waals surface area contributed by atoms with E-state index in [4.69, 9.17) is 16.3 Å². The third-order valence-corrected chi connectivity index (χ3v) is 3.72. The Bertz CT molecular complexity index is 294. The van der Waals surface area contributed by atoms with Crippen LogP contribution in [-0.4, -0.2) is 13.7 Å². The first kappa shape index (κ1) is 13.5. The molecule has 0 radical (unpaired) electrons. The Hall–Kier alpha value is -0.530. The van der Waals surface area contributed by atoms with Crippen molar-refractivity contribution in [3.63, 3.8) is 0 Å². The lowest BCUT2D eigenvalue weighted by molar-refractivity contribution is 0.202. The van der Waals surface area contributed by atoms with E-state index in [-0.39, 0.29) is 5.38 Å². The van der Waals surface area contributed by atoms with Gasteiger partial charge in [0.15, 0.2) is 0 Å². The molecule has 0 spiro atoms. The maximum Gasteiger partial charge on any atom is 0.0610 e. The quantitative estimate of drug-likeness (QED) is 0.677. The van der Waals surface area contributed by atoms with E-state index in [9.17, 15) is 0 Å². The van der Waals surface area contributed by atoms with Gasteiger partial charge in [0.1, 0.15) is 0 Å². The average molecular weight is 241 g/mol. The molecular formula is C14H21ClO. The summed E-state index contributed by atoms with van der Waals surface area (Å²) in [6.45, 7) is 5.14. The summed E-state index contributed by atoms with van der Waals surface area (Å²) in [7, 11) is 1.73. The van der Waals surface area contributed by atoms with Crippen molar-refractivity contribution in [1.82, 2.24) is 0 Å². The molecule has 0 fully saturated rings. The van der Waals surface area contributed by atoms with Crippen LogP contribution in [0, 0.1) is 5.92 Å². The smallest absolute Gasteiger partial charge is 0.0610 e. The van der Waals surface area contributed by atoms with Crippen LogP contribution in [0.2, 0.25) is 0 Å². The van der Waals surface area contributed by atoms with Crippen molar-refractivity contribution >= 4 is 11.6 Å². The van der Waals surface area contributed by atoms with Crippen LogP contribution in [0.5, 0.6) is 0 Å². The Morgan fingerprint density at radius 1 is 1.25 bits per heavy atom. The number of methoxy groups -OCH3 is 1. The minimum atomic E-state index is 0.126. The lowest BCUT2D eigenvalue weighted by Crippen LogP contribution is -2.03. The predicted octanol–water partition coefficient (Wildman–Crippen LogP) is 4.20. The third kappa shape index (κ3) is 3.80. The second-order valence-electron chi connectivity index (χ2n) is 4.27. The van der Waals surface area contributed by atoms with E-state index < -0.39 is 0 Å². The molecule has 0 saturated carbocycles. The third-order valence-electron chi connectivity index (χ3n) is 3.04. The largest absolute Gasteiger partial charge is 0.384 e. The molecule has 0 bridgehead atoms. The average Bonchev–Trinajstić information content (AvgIpc) is 2.35. The van der Waals surface area contributed by atoms with E-state index in [1.54, 1.807) is 7.11 Å². The number of benzene rings is 1. The van der Waals surface area contributed by atoms with E-state index in [1.807, 2.05) is 0 Å². The molecule has 0 saturated heterocycles. The molecule has 0 aliphatic heterocycles. The zero-order valence-electron chi connectivity index (χ0n) is 10.4. The van der Waals surface area contributed by atoms with Gasteiger partial charge in [-0.25, -0.2) is 0 Å². The van der Waals surface area contributed by atoms with Crippen molar-refractivity contribution < 1.29 is 4.74 Å². The Kier molecular flexibility index (Phi) is 5.86. The van der Waals surface area contributed by atoms with Gasteiger partial charge >= 0.3 is 0 Å². The van der Waals surface area contributed by atoms with Gasteiger partial charge < -0.3 is 4.74 Å². The van der Waals surface area contributed by atoms with Crippen LogP contribution >= 0.6 is 11.6 Å². The number of hydrogen-bond donors (Lipinski definition) is 0. The van der Waals surface area contributed by atoms with Gasteiger partial charge in [0, 0.05) is 7.11 Å². The highest BCUT2D eigenvalue weighted by Gasteiger charge is 2.14. The van der Waals surface area contributed by atoms with Crippen LogP contribution < -0.4 is 0 Å². The van der Waals surface area contributed by atoms with Crippen molar-refractivity contribution in [1.29, 1.82) is 0 Å². The zero-order chi connectivity index (χ0) is 12.0. The Labute approximate surface area is 104 Å². The fourth-order valence-electron chi connectivity index (χ4n) is 1.62. The molecule has 0 amide bonds. The summed E-state index contributed by atoms with van der Waals surface area (Å²) in [6.07, 6.45) is 2.08. The summed E-state index contributed by atoms with van der Waals surface area (Å²) < 4.78 is 5.05. The van der Waals surface area contributed by atoms with Gasteiger partial charge in [-0.05, 0) is 23.5 Å². The maximum absolute atomic E-state index is 6.39. The Morgan fingerprint density at radius 3 is 2.38 bits per heavy atom. The first-order valence-electron chi connectivity index (χ1n) is 5.90.